The molecule has 116 valence electrons. The van der Waals surface area contributed by atoms with E-state index in [-0.39, 0.29) is 24.0 Å². The van der Waals surface area contributed by atoms with Gasteiger partial charge in [-0.05, 0) is 11.0 Å². The minimum atomic E-state index is -0.974. The second kappa shape index (κ2) is 6.03. The van der Waals surface area contributed by atoms with Gasteiger partial charge >= 0.3 is 6.09 Å². The van der Waals surface area contributed by atoms with Crippen molar-refractivity contribution in [2.24, 2.45) is 5.41 Å². The van der Waals surface area contributed by atoms with Crippen molar-refractivity contribution in [3.8, 4) is 0 Å². The first-order valence-electron chi connectivity index (χ1n) is 7.25. The van der Waals surface area contributed by atoms with Gasteiger partial charge in [0.15, 0.2) is 0 Å². The number of β-amino-alcohol motifs (C(OH)–C–C–N with tert-alkyl or cyclic N) is 1. The summed E-state index contributed by atoms with van der Waals surface area (Å²) in [6.07, 6.45) is -1.66. The third kappa shape index (κ3) is 3.54. The zero-order valence-corrected chi connectivity index (χ0v) is 12.8. The van der Waals surface area contributed by atoms with Crippen LogP contribution in [0, 0.1) is 5.41 Å². The predicted molar refractivity (Wildman–Crippen MR) is 81.1 cm³/mol. The number of rotatable bonds is 3. The molecule has 1 aliphatic rings. The molecule has 5 nitrogen and oxygen atoms in total. The highest BCUT2D eigenvalue weighted by Gasteiger charge is 2.48. The number of aliphatic hydroxyl groups excluding tert-OH is 1. The van der Waals surface area contributed by atoms with Crippen LogP contribution < -0.4 is 5.32 Å². The first-order chi connectivity index (χ1) is 9.80. The second-order valence-corrected chi connectivity index (χ2v) is 6.71. The van der Waals surface area contributed by atoms with Gasteiger partial charge < -0.3 is 20.4 Å². The lowest BCUT2D eigenvalue weighted by atomic mass is 9.82. The average molecular weight is 292 g/mol. The van der Waals surface area contributed by atoms with Gasteiger partial charge in [0.05, 0.1) is 24.7 Å². The molecule has 3 N–H and O–H groups in total. The normalized spacial score (nSPS) is 26.1. The van der Waals surface area contributed by atoms with Crippen molar-refractivity contribution in [2.75, 3.05) is 6.54 Å². The van der Waals surface area contributed by atoms with E-state index in [1.165, 1.54) is 4.90 Å². The van der Waals surface area contributed by atoms with Gasteiger partial charge in [0, 0.05) is 6.54 Å². The number of carboxylic acid groups (broad SMARTS) is 1. The van der Waals surface area contributed by atoms with Crippen LogP contribution in [0.5, 0.6) is 0 Å². The summed E-state index contributed by atoms with van der Waals surface area (Å²) in [6.45, 7) is 6.78. The van der Waals surface area contributed by atoms with Crippen LogP contribution in [-0.4, -0.2) is 45.9 Å². The van der Waals surface area contributed by atoms with Crippen LogP contribution in [0.2, 0.25) is 0 Å². The largest absolute Gasteiger partial charge is 0.465 e. The summed E-state index contributed by atoms with van der Waals surface area (Å²) < 4.78 is 0. The maximum Gasteiger partial charge on any atom is 0.407 e. The van der Waals surface area contributed by atoms with Gasteiger partial charge in [0.25, 0.3) is 0 Å². The van der Waals surface area contributed by atoms with Crippen LogP contribution in [0.3, 0.4) is 0 Å². The van der Waals surface area contributed by atoms with Gasteiger partial charge in [-0.15, -0.1) is 0 Å². The molecular formula is C16H24N2O3. The van der Waals surface area contributed by atoms with E-state index in [2.05, 4.69) is 5.32 Å². The molecule has 2 rings (SSSR count). The standard InChI is InChI=1S/C16H24N2O3/c1-16(2,3)14-13(12(19)10-18(14)15(20)21)17-9-11-7-5-4-6-8-11/h4-8,12-14,17,19H,9-10H2,1-3H3,(H,20,21). The van der Waals surface area contributed by atoms with Crippen LogP contribution >= 0.6 is 0 Å². The van der Waals surface area contributed by atoms with E-state index in [1.807, 2.05) is 51.1 Å². The van der Waals surface area contributed by atoms with Crippen LogP contribution in [0.15, 0.2) is 30.3 Å². The van der Waals surface area contributed by atoms with Gasteiger partial charge in [-0.1, -0.05) is 51.1 Å². The smallest absolute Gasteiger partial charge is 0.407 e. The molecule has 3 unspecified atom stereocenters. The fourth-order valence-electron chi connectivity index (χ4n) is 3.12. The summed E-state index contributed by atoms with van der Waals surface area (Å²) in [4.78, 5) is 12.8. The summed E-state index contributed by atoms with van der Waals surface area (Å²) in [5.74, 6) is 0. The van der Waals surface area contributed by atoms with Gasteiger partial charge in [-0.25, -0.2) is 4.79 Å². The van der Waals surface area contributed by atoms with Crippen LogP contribution in [-0.2, 0) is 6.54 Å². The number of nitrogens with zero attached hydrogens (tertiary/aromatic N) is 1. The van der Waals surface area contributed by atoms with E-state index in [9.17, 15) is 15.0 Å². The van der Waals surface area contributed by atoms with Gasteiger partial charge in [0.2, 0.25) is 0 Å². The third-order valence-corrected chi connectivity index (χ3v) is 3.99. The van der Waals surface area contributed by atoms with E-state index in [0.717, 1.165) is 5.56 Å². The third-order valence-electron chi connectivity index (χ3n) is 3.99. The van der Waals surface area contributed by atoms with E-state index in [0.29, 0.717) is 6.54 Å². The molecule has 1 aromatic carbocycles. The topological polar surface area (TPSA) is 72.8 Å². The predicted octanol–water partition coefficient (Wildman–Crippen LogP) is 1.91. The molecule has 3 atom stereocenters. The van der Waals surface area contributed by atoms with Crippen molar-refractivity contribution < 1.29 is 15.0 Å². The Morgan fingerprint density at radius 3 is 2.48 bits per heavy atom. The molecule has 1 fully saturated rings. The van der Waals surface area contributed by atoms with Crippen molar-refractivity contribution in [3.63, 3.8) is 0 Å². The number of carbonyl (C=O) groups is 1. The summed E-state index contributed by atoms with van der Waals surface area (Å²) >= 11 is 0. The first kappa shape index (κ1) is 15.8. The molecule has 1 saturated heterocycles. The summed E-state index contributed by atoms with van der Waals surface area (Å²) in [5.41, 5.74) is 0.871. The number of hydrogen-bond donors (Lipinski definition) is 3. The van der Waals surface area contributed by atoms with Gasteiger partial charge in [0.1, 0.15) is 0 Å². The van der Waals surface area contributed by atoms with E-state index in [1.54, 1.807) is 0 Å². The summed E-state index contributed by atoms with van der Waals surface area (Å²) in [5, 5.41) is 22.9. The fourth-order valence-corrected chi connectivity index (χ4v) is 3.12. The lowest BCUT2D eigenvalue weighted by molar-refractivity contribution is 0.0962. The summed E-state index contributed by atoms with van der Waals surface area (Å²) in [7, 11) is 0. The molecule has 0 saturated carbocycles. The van der Waals surface area contributed by atoms with Crippen molar-refractivity contribution in [1.29, 1.82) is 0 Å². The Morgan fingerprint density at radius 2 is 1.95 bits per heavy atom. The van der Waals surface area contributed by atoms with Crippen molar-refractivity contribution in [3.05, 3.63) is 35.9 Å². The zero-order chi connectivity index (χ0) is 15.6. The number of aliphatic hydroxyl groups is 1. The monoisotopic (exact) mass is 292 g/mol. The van der Waals surface area contributed by atoms with E-state index < -0.39 is 12.2 Å². The molecular weight excluding hydrogens is 268 g/mol. The van der Waals surface area contributed by atoms with Crippen molar-refractivity contribution >= 4 is 6.09 Å². The Morgan fingerprint density at radius 1 is 1.33 bits per heavy atom. The lowest BCUT2D eigenvalue weighted by Crippen LogP contribution is -2.53. The average Bonchev–Trinajstić information content (AvgIpc) is 2.75. The molecule has 0 aromatic heterocycles. The number of hydrogen-bond acceptors (Lipinski definition) is 3. The Bertz CT molecular complexity index is 484. The quantitative estimate of drug-likeness (QED) is 0.796. The summed E-state index contributed by atoms with van der Waals surface area (Å²) in [6, 6.07) is 9.39. The van der Waals surface area contributed by atoms with E-state index in [4.69, 9.17) is 0 Å². The van der Waals surface area contributed by atoms with Crippen LogP contribution in [0.4, 0.5) is 4.79 Å². The van der Waals surface area contributed by atoms with E-state index >= 15 is 0 Å². The number of nitrogens with one attached hydrogen (secondary N) is 1. The number of benzene rings is 1. The maximum atomic E-state index is 11.4. The molecule has 0 bridgehead atoms. The SMILES string of the molecule is CC(C)(C)C1C(NCc2ccccc2)C(O)CN1C(=O)O. The highest BCUT2D eigenvalue weighted by Crippen LogP contribution is 2.33. The van der Waals surface area contributed by atoms with Crippen molar-refractivity contribution in [2.45, 2.75) is 45.5 Å². The molecule has 1 aromatic rings. The maximum absolute atomic E-state index is 11.4. The molecule has 0 spiro atoms. The molecule has 1 aliphatic heterocycles. The molecule has 0 aliphatic carbocycles. The molecule has 21 heavy (non-hydrogen) atoms. The van der Waals surface area contributed by atoms with Crippen LogP contribution in [0.25, 0.3) is 0 Å². The lowest BCUT2D eigenvalue weighted by Gasteiger charge is -2.37. The first-order valence-corrected chi connectivity index (χ1v) is 7.25. The minimum absolute atomic E-state index is 0.156. The minimum Gasteiger partial charge on any atom is -0.465 e. The number of likely N-dealkylation sites (tertiary alicyclic amines) is 1. The fraction of sp³-hybridized carbons (Fsp3) is 0.562. The molecule has 1 heterocycles. The Hall–Kier alpha value is -1.59. The van der Waals surface area contributed by atoms with Crippen LogP contribution in [0.1, 0.15) is 26.3 Å². The molecule has 1 amide bonds. The van der Waals surface area contributed by atoms with Crippen molar-refractivity contribution in [1.82, 2.24) is 10.2 Å². The molecule has 5 heteroatoms. The second-order valence-electron chi connectivity index (χ2n) is 6.71. The highest BCUT2D eigenvalue weighted by atomic mass is 16.4. The highest BCUT2D eigenvalue weighted by molar-refractivity contribution is 5.66. The Labute approximate surface area is 125 Å². The Balaban J connectivity index is 2.13. The Kier molecular flexibility index (Phi) is 4.54. The number of amides is 1. The molecule has 0 radical (unpaired) electrons. The zero-order valence-electron chi connectivity index (χ0n) is 12.8. The van der Waals surface area contributed by atoms with Gasteiger partial charge in [-0.3, -0.25) is 0 Å². The van der Waals surface area contributed by atoms with Gasteiger partial charge in [-0.2, -0.15) is 0 Å².